The molecule has 0 saturated carbocycles. The zero-order chi connectivity index (χ0) is 11.5. The molecule has 1 aromatic heterocycles. The molecule has 0 amide bonds. The summed E-state index contributed by atoms with van der Waals surface area (Å²) in [6.45, 7) is 2.17. The van der Waals surface area contributed by atoms with E-state index < -0.39 is 0 Å². The third-order valence-electron chi connectivity index (χ3n) is 3.21. The highest BCUT2D eigenvalue weighted by atomic mass is 16.3. The molecular weight excluding hydrogens is 202 g/mol. The summed E-state index contributed by atoms with van der Waals surface area (Å²) in [6, 6.07) is 4.55. The summed E-state index contributed by atoms with van der Waals surface area (Å²) in [5.41, 5.74) is 0.868. The minimum Gasteiger partial charge on any atom is -0.392 e. The lowest BCUT2D eigenvalue weighted by atomic mass is 10.2. The van der Waals surface area contributed by atoms with Gasteiger partial charge in [-0.05, 0) is 32.1 Å². The molecule has 0 spiro atoms. The van der Waals surface area contributed by atoms with E-state index in [1.165, 1.54) is 6.42 Å². The summed E-state index contributed by atoms with van der Waals surface area (Å²) in [5, 5.41) is 8.95. The second kappa shape index (κ2) is 4.80. The Morgan fingerprint density at radius 2 is 2.31 bits per heavy atom. The topological polar surface area (TPSA) is 39.6 Å². The number of anilines is 1. The largest absolute Gasteiger partial charge is 0.392 e. The van der Waals surface area contributed by atoms with Gasteiger partial charge in [-0.15, -0.1) is 0 Å². The molecule has 0 bridgehead atoms. The van der Waals surface area contributed by atoms with E-state index in [9.17, 15) is 0 Å². The number of aromatic nitrogens is 1. The first-order valence-corrected chi connectivity index (χ1v) is 5.68. The number of hydrogen-bond donors (Lipinski definition) is 1. The summed E-state index contributed by atoms with van der Waals surface area (Å²) in [7, 11) is 4.24. The van der Waals surface area contributed by atoms with Gasteiger partial charge in [-0.25, -0.2) is 4.98 Å². The van der Waals surface area contributed by atoms with E-state index in [4.69, 9.17) is 5.11 Å². The minimum atomic E-state index is 0.0631. The first kappa shape index (κ1) is 11.4. The van der Waals surface area contributed by atoms with Crippen LogP contribution in [0.3, 0.4) is 0 Å². The summed E-state index contributed by atoms with van der Waals surface area (Å²) < 4.78 is 0. The lowest BCUT2D eigenvalue weighted by molar-refractivity contribution is 0.281. The predicted octanol–water partition coefficient (Wildman–Crippen LogP) is 0.714. The Morgan fingerprint density at radius 1 is 1.50 bits per heavy atom. The molecule has 4 nitrogen and oxygen atoms in total. The van der Waals surface area contributed by atoms with Crippen molar-refractivity contribution in [1.82, 2.24) is 9.88 Å². The number of nitrogens with zero attached hydrogens (tertiary/aromatic N) is 3. The average Bonchev–Trinajstić information content (AvgIpc) is 2.78. The third-order valence-corrected chi connectivity index (χ3v) is 3.21. The number of hydrogen-bond acceptors (Lipinski definition) is 4. The average molecular weight is 221 g/mol. The van der Waals surface area contributed by atoms with Crippen molar-refractivity contribution >= 4 is 5.82 Å². The maximum absolute atomic E-state index is 8.95. The summed E-state index contributed by atoms with van der Waals surface area (Å²) in [5.74, 6) is 1.02. The molecule has 1 saturated heterocycles. The van der Waals surface area contributed by atoms with Gasteiger partial charge in [0.2, 0.25) is 0 Å². The highest BCUT2D eigenvalue weighted by Gasteiger charge is 2.24. The van der Waals surface area contributed by atoms with Crippen LogP contribution in [0.15, 0.2) is 18.3 Å². The van der Waals surface area contributed by atoms with Gasteiger partial charge in [-0.2, -0.15) is 0 Å². The van der Waals surface area contributed by atoms with E-state index >= 15 is 0 Å². The molecule has 1 unspecified atom stereocenters. The molecule has 1 aromatic rings. The molecule has 1 aliphatic rings. The lowest BCUT2D eigenvalue weighted by Gasteiger charge is -2.21. The Bertz CT molecular complexity index is 337. The SMILES string of the molecule is CN(C)C1CCN(c2ccc(CO)cn2)C1. The summed E-state index contributed by atoms with van der Waals surface area (Å²) in [4.78, 5) is 8.94. The van der Waals surface area contributed by atoms with Crippen LogP contribution in [0.25, 0.3) is 0 Å². The van der Waals surface area contributed by atoms with Gasteiger partial charge < -0.3 is 14.9 Å². The Kier molecular flexibility index (Phi) is 3.41. The van der Waals surface area contributed by atoms with Crippen LogP contribution in [0.5, 0.6) is 0 Å². The highest BCUT2D eigenvalue weighted by Crippen LogP contribution is 2.20. The van der Waals surface area contributed by atoms with Gasteiger partial charge in [0, 0.05) is 25.3 Å². The molecule has 16 heavy (non-hydrogen) atoms. The van der Waals surface area contributed by atoms with E-state index in [2.05, 4.69) is 28.9 Å². The van der Waals surface area contributed by atoms with Gasteiger partial charge in [0.1, 0.15) is 5.82 Å². The van der Waals surface area contributed by atoms with Crippen LogP contribution >= 0.6 is 0 Å². The fourth-order valence-corrected chi connectivity index (χ4v) is 2.07. The van der Waals surface area contributed by atoms with E-state index in [-0.39, 0.29) is 6.61 Å². The van der Waals surface area contributed by atoms with Crippen molar-refractivity contribution in [3.8, 4) is 0 Å². The maximum atomic E-state index is 8.95. The standard InChI is InChI=1S/C12H19N3O/c1-14(2)11-5-6-15(8-11)12-4-3-10(9-16)7-13-12/h3-4,7,11,16H,5-6,8-9H2,1-2H3. The molecule has 88 valence electrons. The normalized spacial score (nSPS) is 20.8. The highest BCUT2D eigenvalue weighted by molar-refractivity contribution is 5.40. The summed E-state index contributed by atoms with van der Waals surface area (Å²) in [6.07, 6.45) is 2.94. The lowest BCUT2D eigenvalue weighted by Crippen LogP contribution is -2.31. The van der Waals surface area contributed by atoms with Gasteiger partial charge in [-0.3, -0.25) is 0 Å². The van der Waals surface area contributed by atoms with Gasteiger partial charge in [0.05, 0.1) is 6.61 Å². The molecule has 0 aliphatic carbocycles. The fourth-order valence-electron chi connectivity index (χ4n) is 2.07. The zero-order valence-electron chi connectivity index (χ0n) is 9.93. The maximum Gasteiger partial charge on any atom is 0.128 e. The number of likely N-dealkylation sites (N-methyl/N-ethyl adjacent to an activating group) is 1. The Balaban J connectivity index is 2.03. The molecule has 1 atom stereocenters. The molecular formula is C12H19N3O. The number of aliphatic hydroxyl groups is 1. The fraction of sp³-hybridized carbons (Fsp3) is 0.583. The van der Waals surface area contributed by atoms with Crippen molar-refractivity contribution in [3.63, 3.8) is 0 Å². The Hall–Kier alpha value is -1.13. The molecule has 1 N–H and O–H groups in total. The molecule has 1 fully saturated rings. The zero-order valence-corrected chi connectivity index (χ0v) is 9.93. The van der Waals surface area contributed by atoms with E-state index in [1.54, 1.807) is 6.20 Å². The van der Waals surface area contributed by atoms with Crippen molar-refractivity contribution in [2.45, 2.75) is 19.1 Å². The Morgan fingerprint density at radius 3 is 2.81 bits per heavy atom. The second-order valence-corrected chi connectivity index (χ2v) is 4.53. The molecule has 0 aromatic carbocycles. The third kappa shape index (κ3) is 2.33. The first-order valence-electron chi connectivity index (χ1n) is 5.68. The smallest absolute Gasteiger partial charge is 0.128 e. The molecule has 4 heteroatoms. The van der Waals surface area contributed by atoms with Crippen LogP contribution in [-0.2, 0) is 6.61 Å². The number of aliphatic hydroxyl groups excluding tert-OH is 1. The van der Waals surface area contributed by atoms with Crippen molar-refractivity contribution in [2.24, 2.45) is 0 Å². The minimum absolute atomic E-state index is 0.0631. The molecule has 0 radical (unpaired) electrons. The van der Waals surface area contributed by atoms with Crippen molar-refractivity contribution in [2.75, 3.05) is 32.1 Å². The van der Waals surface area contributed by atoms with Crippen molar-refractivity contribution < 1.29 is 5.11 Å². The number of pyridine rings is 1. The van der Waals surface area contributed by atoms with Crippen LogP contribution in [0.1, 0.15) is 12.0 Å². The van der Waals surface area contributed by atoms with Crippen molar-refractivity contribution in [3.05, 3.63) is 23.9 Å². The predicted molar refractivity (Wildman–Crippen MR) is 64.5 cm³/mol. The second-order valence-electron chi connectivity index (χ2n) is 4.53. The van der Waals surface area contributed by atoms with Gasteiger partial charge in [0.15, 0.2) is 0 Å². The molecule has 1 aliphatic heterocycles. The Labute approximate surface area is 96.5 Å². The first-order chi connectivity index (χ1) is 7.70. The van der Waals surface area contributed by atoms with E-state index in [0.717, 1.165) is 24.5 Å². The quantitative estimate of drug-likeness (QED) is 0.816. The van der Waals surface area contributed by atoms with Crippen LogP contribution in [0.4, 0.5) is 5.82 Å². The van der Waals surface area contributed by atoms with Crippen LogP contribution in [0, 0.1) is 0 Å². The monoisotopic (exact) mass is 221 g/mol. The molecule has 2 rings (SSSR count). The number of rotatable bonds is 3. The van der Waals surface area contributed by atoms with Gasteiger partial charge >= 0.3 is 0 Å². The van der Waals surface area contributed by atoms with Gasteiger partial charge in [0.25, 0.3) is 0 Å². The van der Waals surface area contributed by atoms with E-state index in [1.807, 2.05) is 12.1 Å². The van der Waals surface area contributed by atoms with E-state index in [0.29, 0.717) is 6.04 Å². The molecule has 2 heterocycles. The van der Waals surface area contributed by atoms with Crippen LogP contribution in [-0.4, -0.2) is 48.2 Å². The van der Waals surface area contributed by atoms with Crippen LogP contribution in [0.2, 0.25) is 0 Å². The van der Waals surface area contributed by atoms with Gasteiger partial charge in [-0.1, -0.05) is 6.07 Å². The summed E-state index contributed by atoms with van der Waals surface area (Å²) >= 11 is 0. The van der Waals surface area contributed by atoms with Crippen LogP contribution < -0.4 is 4.90 Å². The van der Waals surface area contributed by atoms with Crippen molar-refractivity contribution in [1.29, 1.82) is 0 Å².